The smallest absolute Gasteiger partial charge is 0.322 e. The third-order valence-corrected chi connectivity index (χ3v) is 2.90. The van der Waals surface area contributed by atoms with E-state index in [-0.39, 0.29) is 23.9 Å². The van der Waals surface area contributed by atoms with Crippen LogP contribution in [-0.4, -0.2) is 19.1 Å². The van der Waals surface area contributed by atoms with Crippen LogP contribution in [-0.2, 0) is 9.53 Å². The summed E-state index contributed by atoms with van der Waals surface area (Å²) in [5.74, 6) is -0.476. The molecule has 1 saturated heterocycles. The van der Waals surface area contributed by atoms with E-state index in [1.807, 2.05) is 0 Å². The summed E-state index contributed by atoms with van der Waals surface area (Å²) >= 11 is 0. The van der Waals surface area contributed by atoms with Crippen LogP contribution in [0.3, 0.4) is 0 Å². The Labute approximate surface area is 93.6 Å². The molecule has 1 aliphatic heterocycles. The van der Waals surface area contributed by atoms with E-state index in [2.05, 4.69) is 10.1 Å². The molecule has 1 heterocycles. The molecule has 2 unspecified atom stereocenters. The van der Waals surface area contributed by atoms with Crippen molar-refractivity contribution in [3.05, 3.63) is 35.6 Å². The molecule has 3 nitrogen and oxygen atoms in total. The largest absolute Gasteiger partial charge is 0.468 e. The predicted molar refractivity (Wildman–Crippen MR) is 57.3 cm³/mol. The van der Waals surface area contributed by atoms with Crippen LogP contribution in [0.2, 0.25) is 0 Å². The van der Waals surface area contributed by atoms with Gasteiger partial charge in [0.2, 0.25) is 0 Å². The van der Waals surface area contributed by atoms with Gasteiger partial charge in [-0.15, -0.1) is 0 Å². The number of hydrogen-bond acceptors (Lipinski definition) is 3. The molecule has 0 radical (unpaired) electrons. The monoisotopic (exact) mass is 223 g/mol. The molecule has 1 aromatic rings. The number of carbonyl (C=O) groups excluding carboxylic acids is 1. The number of esters is 1. The number of carbonyl (C=O) groups is 1. The number of halogens is 1. The maximum absolute atomic E-state index is 12.7. The van der Waals surface area contributed by atoms with Gasteiger partial charge in [-0.2, -0.15) is 0 Å². The standard InChI is InChI=1S/C12H14FNO2/c1-16-12(15)11-7-6-10(14-11)8-2-4-9(13)5-3-8/h2-5,10-11,14H,6-7H2,1H3. The molecule has 2 atom stereocenters. The molecule has 86 valence electrons. The number of ether oxygens (including phenoxy) is 1. The summed E-state index contributed by atoms with van der Waals surface area (Å²) in [4.78, 5) is 11.3. The van der Waals surface area contributed by atoms with Crippen LogP contribution in [0.5, 0.6) is 0 Å². The fourth-order valence-corrected chi connectivity index (χ4v) is 2.03. The number of hydrogen-bond donors (Lipinski definition) is 1. The molecular weight excluding hydrogens is 209 g/mol. The van der Waals surface area contributed by atoms with Crippen molar-refractivity contribution in [2.24, 2.45) is 0 Å². The van der Waals surface area contributed by atoms with Gasteiger partial charge in [-0.05, 0) is 30.5 Å². The molecule has 0 amide bonds. The van der Waals surface area contributed by atoms with Gasteiger partial charge < -0.3 is 4.74 Å². The van der Waals surface area contributed by atoms with Gasteiger partial charge in [-0.25, -0.2) is 4.39 Å². The minimum atomic E-state index is -0.244. The van der Waals surface area contributed by atoms with Gasteiger partial charge in [-0.1, -0.05) is 12.1 Å². The van der Waals surface area contributed by atoms with Crippen molar-refractivity contribution in [2.45, 2.75) is 24.9 Å². The van der Waals surface area contributed by atoms with E-state index in [1.54, 1.807) is 12.1 Å². The maximum atomic E-state index is 12.7. The van der Waals surface area contributed by atoms with Crippen molar-refractivity contribution < 1.29 is 13.9 Å². The molecular formula is C12H14FNO2. The highest BCUT2D eigenvalue weighted by Gasteiger charge is 2.30. The highest BCUT2D eigenvalue weighted by atomic mass is 19.1. The lowest BCUT2D eigenvalue weighted by Gasteiger charge is -2.13. The SMILES string of the molecule is COC(=O)C1CCC(c2ccc(F)cc2)N1. The normalized spacial score (nSPS) is 24.4. The zero-order valence-corrected chi connectivity index (χ0v) is 9.07. The minimum absolute atomic E-state index is 0.115. The lowest BCUT2D eigenvalue weighted by Crippen LogP contribution is -2.33. The van der Waals surface area contributed by atoms with Crippen LogP contribution in [0.4, 0.5) is 4.39 Å². The van der Waals surface area contributed by atoms with Crippen molar-refractivity contribution in [2.75, 3.05) is 7.11 Å². The Balaban J connectivity index is 2.03. The topological polar surface area (TPSA) is 38.3 Å². The highest BCUT2D eigenvalue weighted by molar-refractivity contribution is 5.76. The first-order valence-electron chi connectivity index (χ1n) is 5.30. The molecule has 0 aliphatic carbocycles. The van der Waals surface area contributed by atoms with Gasteiger partial charge in [0.05, 0.1) is 7.11 Å². The van der Waals surface area contributed by atoms with Gasteiger partial charge in [0, 0.05) is 6.04 Å². The molecule has 1 aliphatic rings. The zero-order chi connectivity index (χ0) is 11.5. The molecule has 16 heavy (non-hydrogen) atoms. The van der Waals surface area contributed by atoms with Crippen LogP contribution < -0.4 is 5.32 Å². The molecule has 4 heteroatoms. The second kappa shape index (κ2) is 4.61. The summed E-state index contributed by atoms with van der Waals surface area (Å²) in [7, 11) is 1.38. The molecule has 0 aromatic heterocycles. The van der Waals surface area contributed by atoms with E-state index < -0.39 is 0 Å². The lowest BCUT2D eigenvalue weighted by molar-refractivity contribution is -0.142. The van der Waals surface area contributed by atoms with E-state index in [9.17, 15) is 9.18 Å². The molecule has 1 N–H and O–H groups in total. The number of methoxy groups -OCH3 is 1. The fraction of sp³-hybridized carbons (Fsp3) is 0.417. The van der Waals surface area contributed by atoms with Crippen molar-refractivity contribution in [3.8, 4) is 0 Å². The Morgan fingerprint density at radius 1 is 1.38 bits per heavy atom. The number of nitrogens with one attached hydrogen (secondary N) is 1. The van der Waals surface area contributed by atoms with Crippen LogP contribution in [0.25, 0.3) is 0 Å². The first kappa shape index (κ1) is 11.1. The van der Waals surface area contributed by atoms with Crippen LogP contribution in [0, 0.1) is 5.82 Å². The van der Waals surface area contributed by atoms with Crippen molar-refractivity contribution in [3.63, 3.8) is 0 Å². The molecule has 1 aromatic carbocycles. The van der Waals surface area contributed by atoms with E-state index in [0.29, 0.717) is 0 Å². The second-order valence-corrected chi connectivity index (χ2v) is 3.92. The Kier molecular flexibility index (Phi) is 3.19. The van der Waals surface area contributed by atoms with Crippen molar-refractivity contribution in [1.82, 2.24) is 5.32 Å². The number of benzene rings is 1. The quantitative estimate of drug-likeness (QED) is 0.777. The summed E-state index contributed by atoms with van der Waals surface area (Å²) in [5, 5.41) is 3.18. The first-order valence-corrected chi connectivity index (χ1v) is 5.30. The molecule has 0 spiro atoms. The molecule has 2 rings (SSSR count). The van der Waals surface area contributed by atoms with E-state index in [4.69, 9.17) is 0 Å². The highest BCUT2D eigenvalue weighted by Crippen LogP contribution is 2.26. The summed E-state index contributed by atoms with van der Waals surface area (Å²) in [6.45, 7) is 0. The van der Waals surface area contributed by atoms with E-state index in [1.165, 1.54) is 19.2 Å². The molecule has 0 bridgehead atoms. The molecule has 0 saturated carbocycles. The van der Waals surface area contributed by atoms with E-state index in [0.717, 1.165) is 18.4 Å². The van der Waals surface area contributed by atoms with Gasteiger partial charge in [-0.3, -0.25) is 10.1 Å². The lowest BCUT2D eigenvalue weighted by atomic mass is 10.1. The maximum Gasteiger partial charge on any atom is 0.322 e. The summed E-state index contributed by atoms with van der Waals surface area (Å²) < 4.78 is 17.4. The zero-order valence-electron chi connectivity index (χ0n) is 9.07. The fourth-order valence-electron chi connectivity index (χ4n) is 2.03. The summed E-state index contributed by atoms with van der Waals surface area (Å²) in [5.41, 5.74) is 1.01. The summed E-state index contributed by atoms with van der Waals surface area (Å²) in [6, 6.07) is 6.23. The van der Waals surface area contributed by atoms with Gasteiger partial charge in [0.15, 0.2) is 0 Å². The average Bonchev–Trinajstić information content (AvgIpc) is 2.78. The Morgan fingerprint density at radius 2 is 2.06 bits per heavy atom. The van der Waals surface area contributed by atoms with Gasteiger partial charge in [0.1, 0.15) is 11.9 Å². The number of rotatable bonds is 2. The van der Waals surface area contributed by atoms with Crippen molar-refractivity contribution in [1.29, 1.82) is 0 Å². The van der Waals surface area contributed by atoms with Crippen molar-refractivity contribution >= 4 is 5.97 Å². The predicted octanol–water partition coefficient (Wildman–Crippen LogP) is 1.79. The van der Waals surface area contributed by atoms with Gasteiger partial charge >= 0.3 is 5.97 Å². The minimum Gasteiger partial charge on any atom is -0.468 e. The average molecular weight is 223 g/mol. The van der Waals surface area contributed by atoms with Crippen LogP contribution in [0.1, 0.15) is 24.4 Å². The Bertz CT molecular complexity index is 377. The van der Waals surface area contributed by atoms with Gasteiger partial charge in [0.25, 0.3) is 0 Å². The van der Waals surface area contributed by atoms with Crippen LogP contribution in [0.15, 0.2) is 24.3 Å². The van der Waals surface area contributed by atoms with E-state index >= 15 is 0 Å². The Hall–Kier alpha value is -1.42. The Morgan fingerprint density at radius 3 is 2.69 bits per heavy atom. The first-order chi connectivity index (χ1) is 7.70. The second-order valence-electron chi connectivity index (χ2n) is 3.92. The van der Waals surface area contributed by atoms with Crippen LogP contribution >= 0.6 is 0 Å². The summed E-state index contributed by atoms with van der Waals surface area (Å²) in [6.07, 6.45) is 1.63. The third-order valence-electron chi connectivity index (χ3n) is 2.90. The third kappa shape index (κ3) is 2.22. The molecule has 1 fully saturated rings.